The topological polar surface area (TPSA) is 63.1 Å². The van der Waals surface area contributed by atoms with Gasteiger partial charge in [0.2, 0.25) is 0 Å². The second-order valence-corrected chi connectivity index (χ2v) is 7.13. The van der Waals surface area contributed by atoms with Crippen LogP contribution in [0.15, 0.2) is 18.5 Å². The van der Waals surface area contributed by atoms with Gasteiger partial charge in [-0.1, -0.05) is 0 Å². The van der Waals surface area contributed by atoms with Crippen molar-refractivity contribution in [3.8, 4) is 0 Å². The van der Waals surface area contributed by atoms with Crippen LogP contribution in [-0.4, -0.2) is 38.8 Å². The van der Waals surface area contributed by atoms with Crippen LogP contribution in [0.25, 0.3) is 0 Å². The number of urea groups is 1. The number of amides is 2. The van der Waals surface area contributed by atoms with Crippen molar-refractivity contribution in [3.63, 3.8) is 0 Å². The number of nitrogens with zero attached hydrogens (tertiary/aromatic N) is 4. The highest BCUT2D eigenvalue weighted by Crippen LogP contribution is 2.25. The molecule has 1 unspecified atom stereocenters. The van der Waals surface area contributed by atoms with Crippen LogP contribution in [0, 0.1) is 6.92 Å². The van der Waals surface area contributed by atoms with Gasteiger partial charge in [-0.15, -0.1) is 21.5 Å². The highest BCUT2D eigenvalue weighted by atomic mass is 32.1. The van der Waals surface area contributed by atoms with Gasteiger partial charge in [0.1, 0.15) is 12.2 Å². The van der Waals surface area contributed by atoms with Crippen molar-refractivity contribution in [2.24, 2.45) is 7.05 Å². The first kappa shape index (κ1) is 15.0. The van der Waals surface area contributed by atoms with Crippen molar-refractivity contribution in [2.75, 3.05) is 13.1 Å². The van der Waals surface area contributed by atoms with Gasteiger partial charge in [-0.25, -0.2) is 4.79 Å². The van der Waals surface area contributed by atoms with E-state index in [9.17, 15) is 4.79 Å². The predicted octanol–water partition coefficient (Wildman–Crippen LogP) is 2.27. The zero-order valence-corrected chi connectivity index (χ0v) is 13.8. The predicted molar refractivity (Wildman–Crippen MR) is 85.8 cm³/mol. The smallest absolute Gasteiger partial charge is 0.317 e. The molecular formula is C15H21N5OS. The molecule has 1 atom stereocenters. The summed E-state index contributed by atoms with van der Waals surface area (Å²) in [6, 6.07) is 4.16. The molecule has 0 bridgehead atoms. The van der Waals surface area contributed by atoms with E-state index in [4.69, 9.17) is 0 Å². The molecule has 0 spiro atoms. The number of aryl methyl sites for hydroxylation is 2. The van der Waals surface area contributed by atoms with Gasteiger partial charge in [0.15, 0.2) is 0 Å². The molecule has 22 heavy (non-hydrogen) atoms. The average Bonchev–Trinajstić information content (AvgIpc) is 3.13. The Bertz CT molecular complexity index is 650. The van der Waals surface area contributed by atoms with Crippen LogP contribution in [0.3, 0.4) is 0 Å². The Hall–Kier alpha value is -1.89. The van der Waals surface area contributed by atoms with E-state index in [2.05, 4.69) is 34.6 Å². The maximum Gasteiger partial charge on any atom is 0.317 e. The number of carbonyl (C=O) groups excluding carboxylic acids is 1. The van der Waals surface area contributed by atoms with E-state index in [1.807, 2.05) is 16.5 Å². The summed E-state index contributed by atoms with van der Waals surface area (Å²) in [7, 11) is 1.95. The van der Waals surface area contributed by atoms with Gasteiger partial charge >= 0.3 is 6.03 Å². The summed E-state index contributed by atoms with van der Waals surface area (Å²) in [6.07, 6.45) is 3.77. The first-order chi connectivity index (χ1) is 10.6. The van der Waals surface area contributed by atoms with Crippen LogP contribution >= 0.6 is 11.3 Å². The van der Waals surface area contributed by atoms with Crippen molar-refractivity contribution in [3.05, 3.63) is 34.0 Å². The number of aromatic nitrogens is 3. The van der Waals surface area contributed by atoms with Gasteiger partial charge in [0.25, 0.3) is 0 Å². The Morgan fingerprint density at radius 3 is 3.05 bits per heavy atom. The van der Waals surface area contributed by atoms with Gasteiger partial charge in [0, 0.05) is 35.8 Å². The lowest BCUT2D eigenvalue weighted by atomic mass is 9.97. The van der Waals surface area contributed by atoms with Crippen molar-refractivity contribution in [1.82, 2.24) is 25.0 Å². The van der Waals surface area contributed by atoms with Crippen LogP contribution in [0.1, 0.15) is 34.3 Å². The van der Waals surface area contributed by atoms with E-state index in [1.54, 1.807) is 17.7 Å². The van der Waals surface area contributed by atoms with Crippen LogP contribution in [0.2, 0.25) is 0 Å². The second-order valence-electron chi connectivity index (χ2n) is 5.76. The van der Waals surface area contributed by atoms with Crippen LogP contribution < -0.4 is 5.32 Å². The Labute approximate surface area is 134 Å². The lowest BCUT2D eigenvalue weighted by Crippen LogP contribution is -2.45. The van der Waals surface area contributed by atoms with E-state index >= 15 is 0 Å². The number of thiophene rings is 1. The summed E-state index contributed by atoms with van der Waals surface area (Å²) in [5, 5.41) is 11.1. The lowest BCUT2D eigenvalue weighted by molar-refractivity contribution is 0.177. The summed E-state index contributed by atoms with van der Waals surface area (Å²) < 4.78 is 1.94. The number of rotatable bonds is 3. The molecule has 0 saturated carbocycles. The number of carbonyl (C=O) groups is 1. The molecule has 0 radical (unpaired) electrons. The molecule has 2 aromatic heterocycles. The summed E-state index contributed by atoms with van der Waals surface area (Å²) >= 11 is 1.72. The third-order valence-corrected chi connectivity index (χ3v) is 5.03. The molecular weight excluding hydrogens is 298 g/mol. The van der Waals surface area contributed by atoms with E-state index in [0.717, 1.165) is 25.2 Å². The SMILES string of the molecule is Cc1ccc(CNC(=O)N2CCCC(c3nncn3C)C2)s1. The minimum absolute atomic E-state index is 0.0120. The van der Waals surface area contributed by atoms with Gasteiger partial charge < -0.3 is 14.8 Å². The molecule has 0 aromatic carbocycles. The number of hydrogen-bond acceptors (Lipinski definition) is 4. The zero-order valence-electron chi connectivity index (χ0n) is 13.0. The van der Waals surface area contributed by atoms with Gasteiger partial charge in [-0.05, 0) is 31.9 Å². The number of hydrogen-bond donors (Lipinski definition) is 1. The van der Waals surface area contributed by atoms with Crippen molar-refractivity contribution < 1.29 is 4.79 Å². The molecule has 118 valence electrons. The maximum absolute atomic E-state index is 12.4. The minimum atomic E-state index is 0.0120. The van der Waals surface area contributed by atoms with Crippen LogP contribution in [-0.2, 0) is 13.6 Å². The molecule has 3 heterocycles. The monoisotopic (exact) mass is 319 g/mol. The van der Waals surface area contributed by atoms with Gasteiger partial charge in [0.05, 0.1) is 6.54 Å². The quantitative estimate of drug-likeness (QED) is 0.944. The first-order valence-electron chi connectivity index (χ1n) is 7.55. The summed E-state index contributed by atoms with van der Waals surface area (Å²) in [4.78, 5) is 16.7. The van der Waals surface area contributed by atoms with E-state index in [1.165, 1.54) is 9.75 Å². The van der Waals surface area contributed by atoms with E-state index in [-0.39, 0.29) is 11.9 Å². The van der Waals surface area contributed by atoms with Crippen molar-refractivity contribution in [2.45, 2.75) is 32.2 Å². The number of piperidine rings is 1. The Morgan fingerprint density at radius 1 is 1.50 bits per heavy atom. The highest BCUT2D eigenvalue weighted by Gasteiger charge is 2.27. The molecule has 0 aliphatic carbocycles. The summed E-state index contributed by atoms with van der Waals surface area (Å²) in [5.41, 5.74) is 0. The first-order valence-corrected chi connectivity index (χ1v) is 8.37. The summed E-state index contributed by atoms with van der Waals surface area (Å²) in [5.74, 6) is 1.24. The number of nitrogens with one attached hydrogen (secondary N) is 1. The highest BCUT2D eigenvalue weighted by molar-refractivity contribution is 7.11. The van der Waals surface area contributed by atoms with E-state index in [0.29, 0.717) is 13.1 Å². The van der Waals surface area contributed by atoms with Gasteiger partial charge in [-0.2, -0.15) is 0 Å². The molecule has 2 aromatic rings. The lowest BCUT2D eigenvalue weighted by Gasteiger charge is -2.32. The van der Waals surface area contributed by atoms with Crippen LogP contribution in [0.4, 0.5) is 4.79 Å². The van der Waals surface area contributed by atoms with Crippen molar-refractivity contribution >= 4 is 17.4 Å². The molecule has 3 rings (SSSR count). The molecule has 1 aliphatic rings. The van der Waals surface area contributed by atoms with E-state index < -0.39 is 0 Å². The molecule has 1 fully saturated rings. The molecule has 7 heteroatoms. The minimum Gasteiger partial charge on any atom is -0.333 e. The third kappa shape index (κ3) is 3.30. The molecule has 1 N–H and O–H groups in total. The fourth-order valence-electron chi connectivity index (χ4n) is 2.89. The fourth-order valence-corrected chi connectivity index (χ4v) is 3.72. The molecule has 2 amide bonds. The van der Waals surface area contributed by atoms with Crippen molar-refractivity contribution in [1.29, 1.82) is 0 Å². The average molecular weight is 319 g/mol. The Morgan fingerprint density at radius 2 is 2.36 bits per heavy atom. The third-order valence-electron chi connectivity index (χ3n) is 4.03. The largest absolute Gasteiger partial charge is 0.333 e. The Kier molecular flexibility index (Phi) is 4.42. The standard InChI is InChI=1S/C15H21N5OS/c1-11-5-6-13(22-11)8-16-15(21)20-7-3-4-12(9-20)14-18-17-10-19(14)2/h5-6,10,12H,3-4,7-9H2,1-2H3,(H,16,21). The molecule has 1 saturated heterocycles. The zero-order chi connectivity index (χ0) is 15.5. The van der Waals surface area contributed by atoms with Gasteiger partial charge in [-0.3, -0.25) is 0 Å². The Balaban J connectivity index is 1.57. The normalized spacial score (nSPS) is 18.5. The van der Waals surface area contributed by atoms with Crippen LogP contribution in [0.5, 0.6) is 0 Å². The fraction of sp³-hybridized carbons (Fsp3) is 0.533. The number of likely N-dealkylation sites (tertiary alicyclic amines) is 1. The summed E-state index contributed by atoms with van der Waals surface area (Å²) in [6.45, 7) is 4.19. The second kappa shape index (κ2) is 6.48. The maximum atomic E-state index is 12.4. The molecule has 6 nitrogen and oxygen atoms in total. The molecule has 1 aliphatic heterocycles.